The fourth-order valence-electron chi connectivity index (χ4n) is 2.85. The minimum absolute atomic E-state index is 1.16. The standard InChI is InChI=1S/C14H30N4/c1-16(11-13-17-7-3-2-4-8-17)12-14-18-9-5-15-6-10-18/h15H,2-14H2,1H3. The molecule has 106 valence electrons. The van der Waals surface area contributed by atoms with Crippen molar-refractivity contribution in [2.75, 3.05) is 72.5 Å². The first-order valence-corrected chi connectivity index (χ1v) is 7.68. The van der Waals surface area contributed by atoms with E-state index in [4.69, 9.17) is 0 Å². The molecule has 0 aliphatic carbocycles. The summed E-state index contributed by atoms with van der Waals surface area (Å²) in [6, 6.07) is 0. The van der Waals surface area contributed by atoms with Crippen LogP contribution in [0.4, 0.5) is 0 Å². The van der Waals surface area contributed by atoms with Gasteiger partial charge in [0.2, 0.25) is 0 Å². The summed E-state index contributed by atoms with van der Waals surface area (Å²) in [5, 5.41) is 3.41. The molecular formula is C14H30N4. The number of nitrogens with one attached hydrogen (secondary N) is 1. The van der Waals surface area contributed by atoms with Crippen molar-refractivity contribution in [2.45, 2.75) is 19.3 Å². The van der Waals surface area contributed by atoms with Crippen molar-refractivity contribution in [1.82, 2.24) is 20.0 Å². The summed E-state index contributed by atoms with van der Waals surface area (Å²) >= 11 is 0. The molecule has 2 aliphatic heterocycles. The zero-order valence-electron chi connectivity index (χ0n) is 12.0. The highest BCUT2D eigenvalue weighted by atomic mass is 15.2. The molecule has 2 saturated heterocycles. The highest BCUT2D eigenvalue weighted by Crippen LogP contribution is 2.07. The number of rotatable bonds is 6. The van der Waals surface area contributed by atoms with Crippen LogP contribution >= 0.6 is 0 Å². The normalized spacial score (nSPS) is 23.7. The van der Waals surface area contributed by atoms with Crippen molar-refractivity contribution in [3.05, 3.63) is 0 Å². The molecular weight excluding hydrogens is 224 g/mol. The molecule has 0 saturated carbocycles. The van der Waals surface area contributed by atoms with Gasteiger partial charge in [-0.25, -0.2) is 0 Å². The van der Waals surface area contributed by atoms with Gasteiger partial charge >= 0.3 is 0 Å². The van der Waals surface area contributed by atoms with Gasteiger partial charge in [0.05, 0.1) is 0 Å². The van der Waals surface area contributed by atoms with Crippen LogP contribution in [0.3, 0.4) is 0 Å². The van der Waals surface area contributed by atoms with E-state index in [1.165, 1.54) is 71.6 Å². The van der Waals surface area contributed by atoms with Gasteiger partial charge < -0.3 is 15.1 Å². The minimum Gasteiger partial charge on any atom is -0.314 e. The van der Waals surface area contributed by atoms with Crippen LogP contribution in [0.5, 0.6) is 0 Å². The SMILES string of the molecule is CN(CCN1CCCCC1)CCN1CCNCC1. The van der Waals surface area contributed by atoms with Crippen LogP contribution in [0.15, 0.2) is 0 Å². The summed E-state index contributed by atoms with van der Waals surface area (Å²) in [6.45, 7) is 12.4. The van der Waals surface area contributed by atoms with E-state index in [0.29, 0.717) is 0 Å². The Balaban J connectivity index is 1.52. The molecule has 4 heteroatoms. The van der Waals surface area contributed by atoms with Crippen molar-refractivity contribution < 1.29 is 0 Å². The Morgan fingerprint density at radius 2 is 1.39 bits per heavy atom. The Kier molecular flexibility index (Phi) is 6.41. The third kappa shape index (κ3) is 5.22. The van der Waals surface area contributed by atoms with Crippen molar-refractivity contribution >= 4 is 0 Å². The van der Waals surface area contributed by atoms with Gasteiger partial charge in [-0.2, -0.15) is 0 Å². The Morgan fingerprint density at radius 1 is 0.833 bits per heavy atom. The zero-order valence-corrected chi connectivity index (χ0v) is 12.0. The first kappa shape index (κ1) is 14.3. The van der Waals surface area contributed by atoms with Crippen molar-refractivity contribution in [1.29, 1.82) is 0 Å². The smallest absolute Gasteiger partial charge is 0.0110 e. The maximum absolute atomic E-state index is 3.41. The summed E-state index contributed by atoms with van der Waals surface area (Å²) < 4.78 is 0. The average molecular weight is 254 g/mol. The van der Waals surface area contributed by atoms with E-state index >= 15 is 0 Å². The summed E-state index contributed by atoms with van der Waals surface area (Å²) in [5.41, 5.74) is 0. The molecule has 0 aromatic heterocycles. The summed E-state index contributed by atoms with van der Waals surface area (Å²) in [6.07, 6.45) is 4.25. The molecule has 4 nitrogen and oxygen atoms in total. The number of piperidine rings is 1. The molecule has 2 heterocycles. The quantitative estimate of drug-likeness (QED) is 0.736. The number of likely N-dealkylation sites (tertiary alicyclic amines) is 1. The van der Waals surface area contributed by atoms with Gasteiger partial charge in [0, 0.05) is 52.4 Å². The van der Waals surface area contributed by atoms with E-state index < -0.39 is 0 Å². The lowest BCUT2D eigenvalue weighted by Gasteiger charge is -2.31. The first-order chi connectivity index (χ1) is 8.84. The molecule has 0 aromatic carbocycles. The van der Waals surface area contributed by atoms with E-state index in [2.05, 4.69) is 27.1 Å². The highest BCUT2D eigenvalue weighted by Gasteiger charge is 2.12. The van der Waals surface area contributed by atoms with Crippen LogP contribution in [-0.2, 0) is 0 Å². The Morgan fingerprint density at radius 3 is 2.00 bits per heavy atom. The molecule has 0 atom stereocenters. The highest BCUT2D eigenvalue weighted by molar-refractivity contribution is 4.70. The van der Waals surface area contributed by atoms with Gasteiger partial charge in [-0.05, 0) is 33.0 Å². The average Bonchev–Trinajstić information content (AvgIpc) is 2.45. The molecule has 0 bridgehead atoms. The number of nitrogens with zero attached hydrogens (tertiary/aromatic N) is 3. The van der Waals surface area contributed by atoms with E-state index in [0.717, 1.165) is 13.1 Å². The number of hydrogen-bond acceptors (Lipinski definition) is 4. The van der Waals surface area contributed by atoms with Gasteiger partial charge in [0.1, 0.15) is 0 Å². The Labute approximate surface area is 112 Å². The molecule has 0 amide bonds. The third-order valence-electron chi connectivity index (χ3n) is 4.25. The second-order valence-electron chi connectivity index (χ2n) is 5.80. The van der Waals surface area contributed by atoms with Gasteiger partial charge in [0.15, 0.2) is 0 Å². The molecule has 2 fully saturated rings. The summed E-state index contributed by atoms with van der Waals surface area (Å²) in [5.74, 6) is 0. The Bertz CT molecular complexity index is 188. The number of likely N-dealkylation sites (N-methyl/N-ethyl adjacent to an activating group) is 1. The van der Waals surface area contributed by atoms with Crippen LogP contribution in [-0.4, -0.2) is 87.2 Å². The van der Waals surface area contributed by atoms with Gasteiger partial charge in [-0.1, -0.05) is 6.42 Å². The van der Waals surface area contributed by atoms with Crippen molar-refractivity contribution in [3.8, 4) is 0 Å². The minimum atomic E-state index is 1.16. The van der Waals surface area contributed by atoms with Gasteiger partial charge in [-0.15, -0.1) is 0 Å². The lowest BCUT2D eigenvalue weighted by Crippen LogP contribution is -2.46. The van der Waals surface area contributed by atoms with E-state index in [-0.39, 0.29) is 0 Å². The maximum atomic E-state index is 3.41. The van der Waals surface area contributed by atoms with Crippen LogP contribution in [0, 0.1) is 0 Å². The molecule has 2 aliphatic rings. The number of piperazine rings is 1. The van der Waals surface area contributed by atoms with E-state index in [9.17, 15) is 0 Å². The fourth-order valence-corrected chi connectivity index (χ4v) is 2.85. The van der Waals surface area contributed by atoms with Crippen LogP contribution in [0.25, 0.3) is 0 Å². The maximum Gasteiger partial charge on any atom is 0.0110 e. The molecule has 2 rings (SSSR count). The molecule has 0 aromatic rings. The molecule has 0 radical (unpaired) electrons. The largest absolute Gasteiger partial charge is 0.314 e. The molecule has 18 heavy (non-hydrogen) atoms. The Hall–Kier alpha value is -0.160. The first-order valence-electron chi connectivity index (χ1n) is 7.68. The van der Waals surface area contributed by atoms with E-state index in [1.807, 2.05) is 0 Å². The third-order valence-corrected chi connectivity index (χ3v) is 4.25. The van der Waals surface area contributed by atoms with Crippen LogP contribution in [0.1, 0.15) is 19.3 Å². The molecule has 0 spiro atoms. The van der Waals surface area contributed by atoms with Crippen LogP contribution < -0.4 is 5.32 Å². The van der Waals surface area contributed by atoms with Gasteiger partial charge in [0.25, 0.3) is 0 Å². The molecule has 1 N–H and O–H groups in total. The number of hydrogen-bond donors (Lipinski definition) is 1. The van der Waals surface area contributed by atoms with Gasteiger partial charge in [-0.3, -0.25) is 4.90 Å². The van der Waals surface area contributed by atoms with Crippen LogP contribution in [0.2, 0.25) is 0 Å². The zero-order chi connectivity index (χ0) is 12.6. The lowest BCUT2D eigenvalue weighted by atomic mass is 10.1. The fraction of sp³-hybridized carbons (Fsp3) is 1.00. The van der Waals surface area contributed by atoms with Crippen molar-refractivity contribution in [2.24, 2.45) is 0 Å². The summed E-state index contributed by atoms with van der Waals surface area (Å²) in [4.78, 5) is 7.70. The van der Waals surface area contributed by atoms with Crippen molar-refractivity contribution in [3.63, 3.8) is 0 Å². The second kappa shape index (κ2) is 8.10. The molecule has 0 unspecified atom stereocenters. The predicted octanol–water partition coefficient (Wildman–Crippen LogP) is 0.309. The van der Waals surface area contributed by atoms with E-state index in [1.54, 1.807) is 0 Å². The summed E-state index contributed by atoms with van der Waals surface area (Å²) in [7, 11) is 2.27. The monoisotopic (exact) mass is 254 g/mol. The predicted molar refractivity (Wildman–Crippen MR) is 77.1 cm³/mol. The lowest BCUT2D eigenvalue weighted by molar-refractivity contribution is 0.174. The topological polar surface area (TPSA) is 21.8 Å². The second-order valence-corrected chi connectivity index (χ2v) is 5.80.